The van der Waals surface area contributed by atoms with Gasteiger partial charge in [-0.3, -0.25) is 0 Å². The lowest BCUT2D eigenvalue weighted by Gasteiger charge is -2.44. The maximum atomic E-state index is 11.4. The van der Waals surface area contributed by atoms with Gasteiger partial charge in [0.1, 0.15) is 0 Å². The van der Waals surface area contributed by atoms with Gasteiger partial charge in [0.25, 0.3) is 0 Å². The van der Waals surface area contributed by atoms with E-state index in [1.54, 1.807) is 6.08 Å². The Morgan fingerprint density at radius 3 is 1.71 bits per heavy atom. The van der Waals surface area contributed by atoms with Crippen molar-refractivity contribution in [2.24, 2.45) is 29.6 Å². The zero-order valence-electron chi connectivity index (χ0n) is 30.3. The highest BCUT2D eigenvalue weighted by Gasteiger charge is 2.43. The topological polar surface area (TPSA) is 50.7 Å². The Labute approximate surface area is 259 Å². The van der Waals surface area contributed by atoms with Gasteiger partial charge in [-0.05, 0) is 81.0 Å². The Bertz CT molecular complexity index is 837. The maximum Gasteiger partial charge on any atom is 0.192 e. The second-order valence-electron chi connectivity index (χ2n) is 16.1. The first kappa shape index (κ1) is 40.5. The van der Waals surface area contributed by atoms with Gasteiger partial charge < -0.3 is 19.3 Å². The summed E-state index contributed by atoms with van der Waals surface area (Å²) < 4.78 is 14.2. The van der Waals surface area contributed by atoms with Crippen molar-refractivity contribution >= 4 is 16.6 Å². The number of aliphatic hydroxyl groups is 1. The van der Waals surface area contributed by atoms with Gasteiger partial charge in [-0.25, -0.2) is 0 Å². The van der Waals surface area contributed by atoms with Crippen LogP contribution in [0.1, 0.15) is 89.5 Å². The fourth-order valence-corrected chi connectivity index (χ4v) is 8.19. The normalized spacial score (nSPS) is 20.3. The molecule has 0 rings (SSSR count). The molecular weight excluding hydrogens is 539 g/mol. The second kappa shape index (κ2) is 16.5. The molecule has 0 saturated carbocycles. The SMILES string of the molecule is C=C/C=C\[C@H](C)[C@H](O)[C@@H](C)[C@H](O[Si](C)(C)C(C)(C)C)[C@@H](C)C/C(C)=C\[C@H](C)[C@@H](O[Si](C)(C)C(C)(C)C)[C@@H](C)CNC. The van der Waals surface area contributed by atoms with Crippen LogP contribution in [0.15, 0.2) is 36.5 Å². The summed E-state index contributed by atoms with van der Waals surface area (Å²) in [6.07, 6.45) is 8.76. The summed E-state index contributed by atoms with van der Waals surface area (Å²) in [6.45, 7) is 41.4. The smallest absolute Gasteiger partial charge is 0.192 e. The molecule has 0 aliphatic carbocycles. The van der Waals surface area contributed by atoms with Crippen LogP contribution >= 0.6 is 0 Å². The average Bonchev–Trinajstić information content (AvgIpc) is 2.81. The lowest BCUT2D eigenvalue weighted by molar-refractivity contribution is -0.0133. The van der Waals surface area contributed by atoms with Crippen LogP contribution in [-0.4, -0.2) is 53.6 Å². The molecule has 0 aliphatic rings. The predicted molar refractivity (Wildman–Crippen MR) is 188 cm³/mol. The number of hydrogen-bond donors (Lipinski definition) is 2. The molecule has 0 aliphatic heterocycles. The molecule has 0 radical (unpaired) electrons. The molecule has 0 heterocycles. The van der Waals surface area contributed by atoms with Crippen LogP contribution in [0, 0.1) is 29.6 Å². The standard InChI is InChI=1S/C35H71NO3Si2/c1-19-20-21-26(3)31(37)30(7)33(39-41(17,18)35(11,12)13)28(5)23-25(2)22-27(4)32(29(6)24-36-14)38-40(15,16)34(8,9)10/h19-22,26-33,36-37H,1,23-24H2,2-18H3/b21-20-,25-22-/t26-,27-,28-,29-,30+,31-,32+,33+/m0/s1. The maximum absolute atomic E-state index is 11.4. The predicted octanol–water partition coefficient (Wildman–Crippen LogP) is 9.61. The van der Waals surface area contributed by atoms with Crippen molar-refractivity contribution in [3.8, 4) is 0 Å². The zero-order chi connectivity index (χ0) is 32.6. The van der Waals surface area contributed by atoms with Crippen LogP contribution in [-0.2, 0) is 8.85 Å². The Kier molecular flexibility index (Phi) is 16.3. The molecule has 0 aromatic carbocycles. The van der Waals surface area contributed by atoms with Crippen molar-refractivity contribution in [1.29, 1.82) is 0 Å². The monoisotopic (exact) mass is 609 g/mol. The Morgan fingerprint density at radius 2 is 1.29 bits per heavy atom. The first-order valence-electron chi connectivity index (χ1n) is 16.1. The van der Waals surface area contributed by atoms with Crippen molar-refractivity contribution in [3.63, 3.8) is 0 Å². The molecule has 0 aromatic heterocycles. The van der Waals surface area contributed by atoms with Gasteiger partial charge in [0, 0.05) is 11.8 Å². The van der Waals surface area contributed by atoms with Gasteiger partial charge in [0.2, 0.25) is 0 Å². The molecule has 0 unspecified atom stereocenters. The van der Waals surface area contributed by atoms with E-state index in [2.05, 4.69) is 127 Å². The molecule has 0 spiro atoms. The molecule has 0 amide bonds. The van der Waals surface area contributed by atoms with E-state index >= 15 is 0 Å². The molecule has 8 atom stereocenters. The van der Waals surface area contributed by atoms with Crippen molar-refractivity contribution in [1.82, 2.24) is 5.32 Å². The summed E-state index contributed by atoms with van der Waals surface area (Å²) >= 11 is 0. The first-order chi connectivity index (χ1) is 18.4. The fraction of sp³-hybridized carbons (Fsp3) is 0.829. The molecule has 6 heteroatoms. The van der Waals surface area contributed by atoms with Crippen LogP contribution in [0.4, 0.5) is 0 Å². The van der Waals surface area contributed by atoms with Crippen molar-refractivity contribution in [2.45, 2.75) is 144 Å². The summed E-state index contributed by atoms with van der Waals surface area (Å²) in [5.74, 6) is 0.993. The van der Waals surface area contributed by atoms with Crippen LogP contribution in [0.25, 0.3) is 0 Å². The largest absolute Gasteiger partial charge is 0.413 e. The van der Waals surface area contributed by atoms with E-state index in [1.165, 1.54) is 5.57 Å². The molecule has 0 fully saturated rings. The van der Waals surface area contributed by atoms with Crippen LogP contribution < -0.4 is 5.32 Å². The quantitative estimate of drug-likeness (QED) is 0.0979. The summed E-state index contributed by atoms with van der Waals surface area (Å²) in [7, 11) is -1.96. The fourth-order valence-electron chi connectivity index (χ4n) is 5.23. The number of hydrogen-bond acceptors (Lipinski definition) is 4. The zero-order valence-corrected chi connectivity index (χ0v) is 32.3. The molecular formula is C35H71NO3Si2. The van der Waals surface area contributed by atoms with E-state index in [-0.39, 0.29) is 40.0 Å². The van der Waals surface area contributed by atoms with Gasteiger partial charge in [-0.2, -0.15) is 0 Å². The minimum Gasteiger partial charge on any atom is -0.413 e. The average molecular weight is 610 g/mol. The molecule has 4 nitrogen and oxygen atoms in total. The first-order valence-corrected chi connectivity index (χ1v) is 21.9. The van der Waals surface area contributed by atoms with Crippen molar-refractivity contribution < 1.29 is 14.0 Å². The van der Waals surface area contributed by atoms with E-state index in [0.717, 1.165) is 13.0 Å². The van der Waals surface area contributed by atoms with Gasteiger partial charge in [-0.15, -0.1) is 0 Å². The van der Waals surface area contributed by atoms with E-state index in [0.29, 0.717) is 11.8 Å². The summed E-state index contributed by atoms with van der Waals surface area (Å²) in [6, 6.07) is 0. The highest BCUT2D eigenvalue weighted by molar-refractivity contribution is 6.74. The summed E-state index contributed by atoms with van der Waals surface area (Å²) in [5, 5.41) is 15.0. The van der Waals surface area contributed by atoms with Gasteiger partial charge in [-0.1, -0.05) is 113 Å². The lowest BCUT2D eigenvalue weighted by atomic mass is 9.81. The highest BCUT2D eigenvalue weighted by atomic mass is 28.4. The third kappa shape index (κ3) is 12.6. The minimum absolute atomic E-state index is 0.000804. The minimum atomic E-state index is -2.06. The Morgan fingerprint density at radius 1 is 0.829 bits per heavy atom. The highest BCUT2D eigenvalue weighted by Crippen LogP contribution is 2.42. The molecule has 0 aromatic rings. The van der Waals surface area contributed by atoms with Crippen molar-refractivity contribution in [3.05, 3.63) is 36.5 Å². The summed E-state index contributed by atoms with van der Waals surface area (Å²) in [5.41, 5.74) is 1.37. The van der Waals surface area contributed by atoms with Crippen LogP contribution in [0.5, 0.6) is 0 Å². The van der Waals surface area contributed by atoms with Crippen LogP contribution in [0.3, 0.4) is 0 Å². The van der Waals surface area contributed by atoms with E-state index in [4.69, 9.17) is 8.85 Å². The number of rotatable bonds is 17. The second-order valence-corrected chi connectivity index (χ2v) is 25.6. The molecule has 0 bridgehead atoms. The van der Waals surface area contributed by atoms with Gasteiger partial charge in [0.15, 0.2) is 16.6 Å². The Balaban J connectivity index is 6.22. The molecule has 41 heavy (non-hydrogen) atoms. The van der Waals surface area contributed by atoms with E-state index < -0.39 is 22.7 Å². The van der Waals surface area contributed by atoms with E-state index in [1.807, 2.05) is 19.2 Å². The molecule has 0 saturated heterocycles. The number of nitrogens with one attached hydrogen (secondary N) is 1. The molecule has 2 N–H and O–H groups in total. The Hall–Kier alpha value is -0.506. The van der Waals surface area contributed by atoms with Gasteiger partial charge in [0.05, 0.1) is 18.3 Å². The number of aliphatic hydroxyl groups excluding tert-OH is 1. The van der Waals surface area contributed by atoms with Gasteiger partial charge >= 0.3 is 0 Å². The van der Waals surface area contributed by atoms with Crippen LogP contribution in [0.2, 0.25) is 36.3 Å². The van der Waals surface area contributed by atoms with Crippen molar-refractivity contribution in [2.75, 3.05) is 13.6 Å². The lowest BCUT2D eigenvalue weighted by Crippen LogP contribution is -2.50. The third-order valence-electron chi connectivity index (χ3n) is 9.98. The molecule has 242 valence electrons. The summed E-state index contributed by atoms with van der Waals surface area (Å²) in [4.78, 5) is 0. The third-order valence-corrected chi connectivity index (χ3v) is 18.9. The van der Waals surface area contributed by atoms with E-state index in [9.17, 15) is 5.11 Å². The number of allylic oxidation sites excluding steroid dienone is 3.